The van der Waals surface area contributed by atoms with Crippen LogP contribution in [0.2, 0.25) is 0 Å². The number of hydrogen-bond donors (Lipinski definition) is 2. The van der Waals surface area contributed by atoms with Crippen molar-refractivity contribution in [2.45, 2.75) is 19.4 Å². The lowest BCUT2D eigenvalue weighted by atomic mass is 10.1. The van der Waals surface area contributed by atoms with Gasteiger partial charge in [0.25, 0.3) is 0 Å². The number of benzene rings is 2. The summed E-state index contributed by atoms with van der Waals surface area (Å²) in [7, 11) is 0. The number of H-pyrrole nitrogens is 1. The van der Waals surface area contributed by atoms with E-state index >= 15 is 0 Å². The first-order chi connectivity index (χ1) is 10.1. The molecule has 0 fully saturated rings. The molecular weight excluding hydrogens is 266 g/mol. The van der Waals surface area contributed by atoms with Crippen LogP contribution >= 0.6 is 0 Å². The van der Waals surface area contributed by atoms with Crippen molar-refractivity contribution in [3.63, 3.8) is 0 Å². The molecule has 0 saturated heterocycles. The largest absolute Gasteiger partial charge is 0.417 e. The van der Waals surface area contributed by atoms with Crippen LogP contribution in [-0.4, -0.2) is 11.0 Å². The van der Waals surface area contributed by atoms with Crippen LogP contribution < -0.4 is 16.4 Å². The predicted molar refractivity (Wildman–Crippen MR) is 83.0 cm³/mol. The minimum Gasteiger partial charge on any atom is -0.408 e. The van der Waals surface area contributed by atoms with Crippen LogP contribution in [0.15, 0.2) is 45.6 Å². The van der Waals surface area contributed by atoms with Crippen molar-refractivity contribution in [3.05, 3.63) is 52.5 Å². The number of nitrogen functional groups attached to an aromatic ring is 1. The predicted octanol–water partition coefficient (Wildman–Crippen LogP) is 2.79. The summed E-state index contributed by atoms with van der Waals surface area (Å²) in [6.07, 6.45) is 0.982. The van der Waals surface area contributed by atoms with Gasteiger partial charge in [0.2, 0.25) is 0 Å². The Balaban J connectivity index is 1.93. The van der Waals surface area contributed by atoms with Gasteiger partial charge in [0.15, 0.2) is 5.58 Å². The van der Waals surface area contributed by atoms with Gasteiger partial charge in [-0.1, -0.05) is 18.2 Å². The Morgan fingerprint density at radius 2 is 2.10 bits per heavy atom. The molecule has 1 unspecified atom stereocenters. The Hall–Kier alpha value is -2.69. The number of anilines is 3. The molecule has 2 aromatic carbocycles. The lowest BCUT2D eigenvalue weighted by Crippen LogP contribution is -2.24. The number of oxazole rings is 1. The summed E-state index contributed by atoms with van der Waals surface area (Å²) in [5.74, 6) is -0.462. The Bertz CT molecular complexity index is 894. The molecule has 0 radical (unpaired) electrons. The third kappa shape index (κ3) is 1.74. The molecule has 1 atom stereocenters. The molecule has 106 valence electrons. The van der Waals surface area contributed by atoms with Crippen LogP contribution in [0.1, 0.15) is 12.5 Å². The van der Waals surface area contributed by atoms with E-state index in [9.17, 15) is 4.79 Å². The zero-order valence-electron chi connectivity index (χ0n) is 11.6. The van der Waals surface area contributed by atoms with Gasteiger partial charge in [0, 0.05) is 17.8 Å². The Morgan fingerprint density at radius 1 is 1.29 bits per heavy atom. The van der Waals surface area contributed by atoms with Gasteiger partial charge < -0.3 is 15.1 Å². The first-order valence-electron chi connectivity index (χ1n) is 6.93. The highest BCUT2D eigenvalue weighted by atomic mass is 16.4. The van der Waals surface area contributed by atoms with Crippen LogP contribution in [0.4, 0.5) is 17.1 Å². The van der Waals surface area contributed by atoms with Crippen molar-refractivity contribution in [3.8, 4) is 0 Å². The SMILES string of the molecule is CC1Cc2ccccc2N1c1cc2[nH]c(=O)oc2cc1N. The number of fused-ring (bicyclic) bond motifs is 2. The van der Waals surface area contributed by atoms with Gasteiger partial charge in [-0.3, -0.25) is 4.98 Å². The monoisotopic (exact) mass is 281 g/mol. The van der Waals surface area contributed by atoms with Crippen LogP contribution in [0.3, 0.4) is 0 Å². The summed E-state index contributed by atoms with van der Waals surface area (Å²) in [4.78, 5) is 16.2. The number of para-hydroxylation sites is 1. The number of aromatic amines is 1. The molecule has 1 aliphatic heterocycles. The molecule has 0 amide bonds. The van der Waals surface area contributed by atoms with Gasteiger partial charge in [-0.15, -0.1) is 0 Å². The summed E-state index contributed by atoms with van der Waals surface area (Å²) in [6.45, 7) is 2.17. The number of nitrogens with zero attached hydrogens (tertiary/aromatic N) is 1. The molecule has 21 heavy (non-hydrogen) atoms. The standard InChI is InChI=1S/C16H15N3O2/c1-9-6-10-4-2-3-5-13(10)19(9)14-8-12-15(7-11(14)17)21-16(20)18-12/h2-5,7-9H,6,17H2,1H3,(H,18,20). The maximum Gasteiger partial charge on any atom is 0.417 e. The van der Waals surface area contributed by atoms with Gasteiger partial charge in [0.1, 0.15) is 0 Å². The molecule has 5 heteroatoms. The molecule has 0 bridgehead atoms. The zero-order valence-corrected chi connectivity index (χ0v) is 11.6. The van der Waals surface area contributed by atoms with Gasteiger partial charge in [-0.2, -0.15) is 0 Å². The summed E-state index contributed by atoms with van der Waals surface area (Å²) in [5.41, 5.74) is 11.3. The third-order valence-corrected chi connectivity index (χ3v) is 4.04. The van der Waals surface area contributed by atoms with Gasteiger partial charge >= 0.3 is 5.76 Å². The van der Waals surface area contributed by atoms with E-state index in [2.05, 4.69) is 35.0 Å². The smallest absolute Gasteiger partial charge is 0.408 e. The fourth-order valence-corrected chi connectivity index (χ4v) is 3.14. The van der Waals surface area contributed by atoms with E-state index in [0.717, 1.165) is 12.1 Å². The van der Waals surface area contributed by atoms with Crippen molar-refractivity contribution in [1.82, 2.24) is 4.98 Å². The minimum absolute atomic E-state index is 0.320. The molecule has 1 aliphatic rings. The van der Waals surface area contributed by atoms with E-state index in [1.165, 1.54) is 11.3 Å². The molecule has 2 heterocycles. The van der Waals surface area contributed by atoms with Gasteiger partial charge in [-0.05, 0) is 31.0 Å². The van der Waals surface area contributed by atoms with E-state index in [0.29, 0.717) is 22.8 Å². The lowest BCUT2D eigenvalue weighted by Gasteiger charge is -2.26. The number of aromatic nitrogens is 1. The van der Waals surface area contributed by atoms with E-state index in [-0.39, 0.29) is 0 Å². The topological polar surface area (TPSA) is 75.3 Å². The molecular formula is C16H15N3O2. The highest BCUT2D eigenvalue weighted by Crippen LogP contribution is 2.41. The quantitative estimate of drug-likeness (QED) is 0.672. The molecule has 3 aromatic rings. The first-order valence-corrected chi connectivity index (χ1v) is 6.93. The van der Waals surface area contributed by atoms with E-state index < -0.39 is 5.76 Å². The van der Waals surface area contributed by atoms with Crippen LogP contribution in [0.25, 0.3) is 11.1 Å². The lowest BCUT2D eigenvalue weighted by molar-refractivity contribution is 0.555. The second kappa shape index (κ2) is 4.15. The Morgan fingerprint density at radius 3 is 2.95 bits per heavy atom. The molecule has 4 rings (SSSR count). The fraction of sp³-hybridized carbons (Fsp3) is 0.188. The van der Waals surface area contributed by atoms with Crippen molar-refractivity contribution < 1.29 is 4.42 Å². The molecule has 0 aliphatic carbocycles. The van der Waals surface area contributed by atoms with Crippen molar-refractivity contribution in [1.29, 1.82) is 0 Å². The molecule has 5 nitrogen and oxygen atoms in total. The summed E-state index contributed by atoms with van der Waals surface area (Å²) >= 11 is 0. The van der Waals surface area contributed by atoms with Gasteiger partial charge in [0.05, 0.1) is 16.9 Å². The highest BCUT2D eigenvalue weighted by Gasteiger charge is 2.28. The van der Waals surface area contributed by atoms with E-state index in [4.69, 9.17) is 10.2 Å². The van der Waals surface area contributed by atoms with E-state index in [1.54, 1.807) is 6.07 Å². The fourth-order valence-electron chi connectivity index (χ4n) is 3.14. The normalized spacial score (nSPS) is 17.4. The first kappa shape index (κ1) is 12.1. The molecule has 0 saturated carbocycles. The van der Waals surface area contributed by atoms with Crippen LogP contribution in [0.5, 0.6) is 0 Å². The van der Waals surface area contributed by atoms with Crippen LogP contribution in [0, 0.1) is 0 Å². The Labute approximate surface area is 121 Å². The number of nitrogens with one attached hydrogen (secondary N) is 1. The third-order valence-electron chi connectivity index (χ3n) is 4.04. The van der Waals surface area contributed by atoms with E-state index in [1.807, 2.05) is 12.1 Å². The van der Waals surface area contributed by atoms with Crippen molar-refractivity contribution in [2.24, 2.45) is 0 Å². The van der Waals surface area contributed by atoms with Gasteiger partial charge in [-0.25, -0.2) is 4.79 Å². The average molecular weight is 281 g/mol. The average Bonchev–Trinajstić information content (AvgIpc) is 2.95. The van der Waals surface area contributed by atoms with Crippen LogP contribution in [-0.2, 0) is 6.42 Å². The zero-order chi connectivity index (χ0) is 14.6. The number of nitrogens with two attached hydrogens (primary N) is 1. The Kier molecular flexibility index (Phi) is 2.39. The second-order valence-corrected chi connectivity index (χ2v) is 5.47. The van der Waals surface area contributed by atoms with Crippen molar-refractivity contribution in [2.75, 3.05) is 10.6 Å². The highest BCUT2D eigenvalue weighted by molar-refractivity contribution is 5.89. The minimum atomic E-state index is -0.462. The summed E-state index contributed by atoms with van der Waals surface area (Å²) in [5, 5.41) is 0. The summed E-state index contributed by atoms with van der Waals surface area (Å²) < 4.78 is 5.05. The maximum absolute atomic E-state index is 11.3. The molecule has 0 spiro atoms. The molecule has 3 N–H and O–H groups in total. The summed E-state index contributed by atoms with van der Waals surface area (Å²) in [6, 6.07) is 12.2. The number of hydrogen-bond acceptors (Lipinski definition) is 4. The molecule has 1 aromatic heterocycles. The number of rotatable bonds is 1. The van der Waals surface area contributed by atoms with Crippen molar-refractivity contribution >= 4 is 28.2 Å². The maximum atomic E-state index is 11.3. The second-order valence-electron chi connectivity index (χ2n) is 5.47.